The van der Waals surface area contributed by atoms with Crippen LogP contribution in [0.2, 0.25) is 0 Å². The van der Waals surface area contributed by atoms with Crippen molar-refractivity contribution in [2.45, 2.75) is 32.6 Å². The molecule has 2 atom stereocenters. The molecule has 0 radical (unpaired) electrons. The predicted molar refractivity (Wildman–Crippen MR) is 56.2 cm³/mol. The number of hydrogen-bond donors (Lipinski definition) is 1. The number of esters is 1. The number of nitrogens with two attached hydrogens (primary N) is 1. The maximum absolute atomic E-state index is 11.3. The lowest BCUT2D eigenvalue weighted by molar-refractivity contribution is -0.148. The summed E-state index contributed by atoms with van der Waals surface area (Å²) in [4.78, 5) is 11.3. The third-order valence-corrected chi connectivity index (χ3v) is 2.26. The summed E-state index contributed by atoms with van der Waals surface area (Å²) < 4.78 is 14.9. The smallest absolute Gasteiger partial charge is 0.323 e. The molecule has 15 heavy (non-hydrogen) atoms. The van der Waals surface area contributed by atoms with Crippen molar-refractivity contribution in [3.8, 4) is 0 Å². The maximum Gasteiger partial charge on any atom is 0.323 e. The Hall–Kier alpha value is -0.650. The van der Waals surface area contributed by atoms with E-state index < -0.39 is 6.04 Å². The van der Waals surface area contributed by atoms with Crippen LogP contribution in [0.15, 0.2) is 0 Å². The number of carbonyl (C=O) groups excluding carboxylic acids is 1. The monoisotopic (exact) mass is 219 g/mol. The van der Waals surface area contributed by atoms with Gasteiger partial charge in [0.15, 0.2) is 6.29 Å². The van der Waals surface area contributed by atoms with Crippen molar-refractivity contribution in [2.24, 2.45) is 11.7 Å². The Balaban J connectivity index is 4.07. The topological polar surface area (TPSA) is 70.8 Å². The molecule has 0 saturated heterocycles. The molecule has 0 saturated carbocycles. The number of methoxy groups -OCH3 is 2. The third-order valence-electron chi connectivity index (χ3n) is 2.26. The lowest BCUT2D eigenvalue weighted by Crippen LogP contribution is -2.40. The quantitative estimate of drug-likeness (QED) is 0.499. The highest BCUT2D eigenvalue weighted by atomic mass is 16.7. The molecular weight excluding hydrogens is 198 g/mol. The molecule has 5 heteroatoms. The minimum Gasteiger partial charge on any atom is -0.465 e. The Morgan fingerprint density at radius 2 is 1.87 bits per heavy atom. The van der Waals surface area contributed by atoms with Crippen molar-refractivity contribution in [2.75, 3.05) is 20.8 Å². The highest BCUT2D eigenvalue weighted by Crippen LogP contribution is 2.13. The van der Waals surface area contributed by atoms with Crippen LogP contribution in [-0.4, -0.2) is 39.1 Å². The van der Waals surface area contributed by atoms with Crippen molar-refractivity contribution < 1.29 is 19.0 Å². The molecular formula is C10H21NO4. The van der Waals surface area contributed by atoms with Crippen LogP contribution in [0, 0.1) is 5.92 Å². The second-order valence-corrected chi connectivity index (χ2v) is 3.39. The zero-order chi connectivity index (χ0) is 11.8. The summed E-state index contributed by atoms with van der Waals surface area (Å²) in [6.45, 7) is 3.96. The van der Waals surface area contributed by atoms with Gasteiger partial charge in [0.1, 0.15) is 6.04 Å². The molecule has 0 heterocycles. The summed E-state index contributed by atoms with van der Waals surface area (Å²) in [5.41, 5.74) is 5.72. The summed E-state index contributed by atoms with van der Waals surface area (Å²) in [5.74, 6) is -0.426. The van der Waals surface area contributed by atoms with Crippen molar-refractivity contribution in [1.82, 2.24) is 0 Å². The SMILES string of the molecule is CCOC(=O)[C@H](N)[C@H](C)CC(OC)OC. The number of rotatable bonds is 7. The average molecular weight is 219 g/mol. The van der Waals surface area contributed by atoms with E-state index in [-0.39, 0.29) is 18.2 Å². The van der Waals surface area contributed by atoms with Crippen LogP contribution in [0.4, 0.5) is 0 Å². The van der Waals surface area contributed by atoms with E-state index in [1.165, 1.54) is 0 Å². The van der Waals surface area contributed by atoms with Gasteiger partial charge in [-0.05, 0) is 12.8 Å². The van der Waals surface area contributed by atoms with E-state index >= 15 is 0 Å². The van der Waals surface area contributed by atoms with E-state index in [1.54, 1.807) is 21.1 Å². The zero-order valence-corrected chi connectivity index (χ0v) is 9.86. The van der Waals surface area contributed by atoms with Crippen LogP contribution in [0.1, 0.15) is 20.3 Å². The Morgan fingerprint density at radius 1 is 1.33 bits per heavy atom. The molecule has 0 unspecified atom stereocenters. The molecule has 2 N–H and O–H groups in total. The second kappa shape index (κ2) is 7.62. The highest BCUT2D eigenvalue weighted by Gasteiger charge is 2.24. The fourth-order valence-electron chi connectivity index (χ4n) is 1.21. The van der Waals surface area contributed by atoms with Gasteiger partial charge in [-0.25, -0.2) is 0 Å². The Morgan fingerprint density at radius 3 is 2.27 bits per heavy atom. The van der Waals surface area contributed by atoms with E-state index in [0.717, 1.165) is 0 Å². The highest BCUT2D eigenvalue weighted by molar-refractivity contribution is 5.75. The van der Waals surface area contributed by atoms with E-state index in [1.807, 2.05) is 6.92 Å². The average Bonchev–Trinajstić information content (AvgIpc) is 2.24. The maximum atomic E-state index is 11.3. The Kier molecular flexibility index (Phi) is 7.29. The predicted octanol–water partition coefficient (Wildman–Crippen LogP) is 0.522. The Bertz CT molecular complexity index is 182. The number of hydrogen-bond acceptors (Lipinski definition) is 5. The van der Waals surface area contributed by atoms with Gasteiger partial charge in [0.05, 0.1) is 6.61 Å². The van der Waals surface area contributed by atoms with Crippen LogP contribution in [-0.2, 0) is 19.0 Å². The molecule has 0 aliphatic carbocycles. The normalized spacial score (nSPS) is 15.1. The van der Waals surface area contributed by atoms with Gasteiger partial charge >= 0.3 is 5.97 Å². The molecule has 0 fully saturated rings. The van der Waals surface area contributed by atoms with Gasteiger partial charge in [0.25, 0.3) is 0 Å². The third kappa shape index (κ3) is 5.11. The molecule has 0 bridgehead atoms. The molecule has 0 aromatic rings. The zero-order valence-electron chi connectivity index (χ0n) is 9.86. The van der Waals surface area contributed by atoms with Crippen LogP contribution < -0.4 is 5.73 Å². The van der Waals surface area contributed by atoms with Crippen molar-refractivity contribution in [1.29, 1.82) is 0 Å². The lowest BCUT2D eigenvalue weighted by Gasteiger charge is -2.22. The van der Waals surface area contributed by atoms with Crippen LogP contribution in [0.25, 0.3) is 0 Å². The van der Waals surface area contributed by atoms with Gasteiger partial charge in [0.2, 0.25) is 0 Å². The van der Waals surface area contributed by atoms with E-state index in [4.69, 9.17) is 19.9 Å². The fraction of sp³-hybridized carbons (Fsp3) is 0.900. The first-order chi connectivity index (χ1) is 7.06. The van der Waals surface area contributed by atoms with Crippen molar-refractivity contribution >= 4 is 5.97 Å². The lowest BCUT2D eigenvalue weighted by atomic mass is 9.99. The fourth-order valence-corrected chi connectivity index (χ4v) is 1.21. The van der Waals surface area contributed by atoms with E-state index in [2.05, 4.69) is 0 Å². The standard InChI is InChI=1S/C10H21NO4/c1-5-15-10(12)9(11)7(2)6-8(13-3)14-4/h7-9H,5-6,11H2,1-4H3/t7-,9-/m1/s1. The summed E-state index contributed by atoms with van der Waals surface area (Å²) in [6.07, 6.45) is 0.230. The second-order valence-electron chi connectivity index (χ2n) is 3.39. The van der Waals surface area contributed by atoms with Crippen molar-refractivity contribution in [3.63, 3.8) is 0 Å². The largest absolute Gasteiger partial charge is 0.465 e. The van der Waals surface area contributed by atoms with Gasteiger partial charge in [-0.3, -0.25) is 4.79 Å². The van der Waals surface area contributed by atoms with Gasteiger partial charge in [-0.15, -0.1) is 0 Å². The summed E-state index contributed by atoms with van der Waals surface area (Å²) in [7, 11) is 3.10. The molecule has 0 aromatic carbocycles. The van der Waals surface area contributed by atoms with Crippen molar-refractivity contribution in [3.05, 3.63) is 0 Å². The molecule has 0 aliphatic heterocycles. The first-order valence-corrected chi connectivity index (χ1v) is 5.04. The van der Waals surface area contributed by atoms with Gasteiger partial charge < -0.3 is 19.9 Å². The molecule has 0 rings (SSSR count). The van der Waals surface area contributed by atoms with E-state index in [9.17, 15) is 4.79 Å². The van der Waals surface area contributed by atoms with Gasteiger partial charge in [0, 0.05) is 20.6 Å². The summed E-state index contributed by atoms with van der Waals surface area (Å²) in [5, 5.41) is 0. The molecule has 90 valence electrons. The van der Waals surface area contributed by atoms with Crippen LogP contribution >= 0.6 is 0 Å². The molecule has 0 amide bonds. The number of ether oxygens (including phenoxy) is 3. The summed E-state index contributed by atoms with van der Waals surface area (Å²) >= 11 is 0. The van der Waals surface area contributed by atoms with Crippen LogP contribution in [0.3, 0.4) is 0 Å². The Labute approximate surface area is 90.9 Å². The summed E-state index contributed by atoms with van der Waals surface area (Å²) in [6, 6.07) is -0.627. The first-order valence-electron chi connectivity index (χ1n) is 5.04. The minimum absolute atomic E-state index is 0.0473. The molecule has 0 spiro atoms. The van der Waals surface area contributed by atoms with Gasteiger partial charge in [-0.1, -0.05) is 6.92 Å². The minimum atomic E-state index is -0.627. The number of carbonyl (C=O) groups is 1. The first kappa shape index (κ1) is 14.3. The molecule has 0 aromatic heterocycles. The molecule has 0 aliphatic rings. The van der Waals surface area contributed by atoms with Crippen LogP contribution in [0.5, 0.6) is 0 Å². The van der Waals surface area contributed by atoms with Gasteiger partial charge in [-0.2, -0.15) is 0 Å². The van der Waals surface area contributed by atoms with E-state index in [0.29, 0.717) is 13.0 Å². The molecule has 5 nitrogen and oxygen atoms in total.